The van der Waals surface area contributed by atoms with Crippen LogP contribution in [0.15, 0.2) is 29.2 Å². The number of halogens is 1. The lowest BCUT2D eigenvalue weighted by atomic mass is 10.0. The first kappa shape index (κ1) is 9.63. The summed E-state index contributed by atoms with van der Waals surface area (Å²) in [5.74, 6) is 1.42. The summed E-state index contributed by atoms with van der Waals surface area (Å²) in [4.78, 5) is 1.36. The second-order valence-electron chi connectivity index (χ2n) is 3.29. The minimum Gasteiger partial charge on any atom is -0.142 e. The topological polar surface area (TPSA) is 25.8 Å². The summed E-state index contributed by atoms with van der Waals surface area (Å²) < 4.78 is 0.527. The van der Waals surface area contributed by atoms with Crippen LogP contribution in [0.3, 0.4) is 0 Å². The van der Waals surface area contributed by atoms with E-state index in [2.05, 4.69) is 34.5 Å². The molecule has 0 bridgehead atoms. The lowest BCUT2D eigenvalue weighted by Gasteiger charge is -2.04. The standard InChI is InChI=1S/C10H7ClN2S2/c11-10-13-12-9(15-10)7-5-14-8-4-2-1-3-6(7)8/h1-4,7H,5H2. The fourth-order valence-electron chi connectivity index (χ4n) is 1.72. The van der Waals surface area contributed by atoms with E-state index >= 15 is 0 Å². The van der Waals surface area contributed by atoms with E-state index in [1.54, 1.807) is 0 Å². The number of nitrogens with zero attached hydrogens (tertiary/aromatic N) is 2. The van der Waals surface area contributed by atoms with E-state index in [1.165, 1.54) is 21.8 Å². The highest BCUT2D eigenvalue weighted by molar-refractivity contribution is 7.99. The molecule has 76 valence electrons. The summed E-state index contributed by atoms with van der Waals surface area (Å²) in [7, 11) is 0. The first-order valence-corrected chi connectivity index (χ1v) is 6.73. The predicted molar refractivity (Wildman–Crippen MR) is 63.9 cm³/mol. The Hall–Kier alpha value is -0.580. The molecular formula is C10H7ClN2S2. The van der Waals surface area contributed by atoms with Gasteiger partial charge in [0.2, 0.25) is 4.47 Å². The fourth-order valence-corrected chi connectivity index (χ4v) is 4.03. The lowest BCUT2D eigenvalue weighted by molar-refractivity contribution is 0.879. The Morgan fingerprint density at radius 2 is 2.13 bits per heavy atom. The Bertz CT molecular complexity index is 498. The third kappa shape index (κ3) is 1.67. The van der Waals surface area contributed by atoms with Gasteiger partial charge in [0.25, 0.3) is 0 Å². The van der Waals surface area contributed by atoms with E-state index < -0.39 is 0 Å². The van der Waals surface area contributed by atoms with Gasteiger partial charge >= 0.3 is 0 Å². The molecule has 2 heterocycles. The van der Waals surface area contributed by atoms with Gasteiger partial charge in [-0.05, 0) is 23.2 Å². The maximum atomic E-state index is 5.80. The molecule has 15 heavy (non-hydrogen) atoms. The van der Waals surface area contributed by atoms with Crippen molar-refractivity contribution in [2.45, 2.75) is 10.8 Å². The van der Waals surface area contributed by atoms with Gasteiger partial charge < -0.3 is 0 Å². The maximum absolute atomic E-state index is 5.80. The quantitative estimate of drug-likeness (QED) is 0.780. The molecule has 5 heteroatoms. The van der Waals surface area contributed by atoms with Crippen molar-refractivity contribution in [3.63, 3.8) is 0 Å². The molecule has 2 aromatic rings. The molecule has 2 nitrogen and oxygen atoms in total. The van der Waals surface area contributed by atoms with Crippen LogP contribution in [-0.2, 0) is 0 Å². The largest absolute Gasteiger partial charge is 0.207 e. The van der Waals surface area contributed by atoms with E-state index in [-0.39, 0.29) is 0 Å². The summed E-state index contributed by atoms with van der Waals surface area (Å²) in [6, 6.07) is 8.46. The number of hydrogen-bond acceptors (Lipinski definition) is 4. The summed E-state index contributed by atoms with van der Waals surface area (Å²) >= 11 is 9.16. The first-order valence-electron chi connectivity index (χ1n) is 4.55. The zero-order chi connectivity index (χ0) is 10.3. The van der Waals surface area contributed by atoms with Crippen molar-refractivity contribution in [2.24, 2.45) is 0 Å². The van der Waals surface area contributed by atoms with Crippen LogP contribution in [0.25, 0.3) is 0 Å². The number of aromatic nitrogens is 2. The van der Waals surface area contributed by atoms with Crippen LogP contribution < -0.4 is 0 Å². The molecule has 1 atom stereocenters. The van der Waals surface area contributed by atoms with Crippen molar-refractivity contribution in [2.75, 3.05) is 5.75 Å². The molecule has 1 unspecified atom stereocenters. The van der Waals surface area contributed by atoms with Gasteiger partial charge in [-0.3, -0.25) is 0 Å². The maximum Gasteiger partial charge on any atom is 0.207 e. The van der Waals surface area contributed by atoms with Gasteiger partial charge in [-0.1, -0.05) is 29.5 Å². The number of benzene rings is 1. The van der Waals surface area contributed by atoms with Gasteiger partial charge in [0.05, 0.1) is 0 Å². The zero-order valence-corrected chi connectivity index (χ0v) is 10.1. The number of rotatable bonds is 1. The average Bonchev–Trinajstić information content (AvgIpc) is 2.83. The predicted octanol–water partition coefficient (Wildman–Crippen LogP) is 3.43. The molecule has 3 rings (SSSR count). The van der Waals surface area contributed by atoms with Crippen molar-refractivity contribution in [1.82, 2.24) is 10.2 Å². The van der Waals surface area contributed by atoms with Crippen LogP contribution in [0, 0.1) is 0 Å². The Kier molecular flexibility index (Phi) is 2.42. The number of fused-ring (bicyclic) bond motifs is 1. The number of thioether (sulfide) groups is 1. The van der Waals surface area contributed by atoms with E-state index in [1.807, 2.05) is 11.8 Å². The van der Waals surface area contributed by atoms with Crippen LogP contribution in [0.5, 0.6) is 0 Å². The molecule has 1 aliphatic heterocycles. The summed E-state index contributed by atoms with van der Waals surface area (Å²) in [5.41, 5.74) is 1.36. The highest BCUT2D eigenvalue weighted by atomic mass is 35.5. The second-order valence-corrected chi connectivity index (χ2v) is 5.95. The van der Waals surface area contributed by atoms with Crippen molar-refractivity contribution in [1.29, 1.82) is 0 Å². The van der Waals surface area contributed by atoms with Crippen LogP contribution in [0.2, 0.25) is 4.47 Å². The molecule has 0 aliphatic carbocycles. The third-order valence-corrected chi connectivity index (χ3v) is 4.73. The molecule has 1 aromatic heterocycles. The monoisotopic (exact) mass is 254 g/mol. The van der Waals surface area contributed by atoms with Gasteiger partial charge in [-0.15, -0.1) is 22.0 Å². The second kappa shape index (κ2) is 3.77. The SMILES string of the molecule is Clc1nnc(C2CSc3ccccc32)s1. The van der Waals surface area contributed by atoms with Crippen LogP contribution in [0.1, 0.15) is 16.5 Å². The summed E-state index contributed by atoms with van der Waals surface area (Å²) in [6.45, 7) is 0. The highest BCUT2D eigenvalue weighted by Crippen LogP contribution is 2.43. The smallest absolute Gasteiger partial charge is 0.142 e. The van der Waals surface area contributed by atoms with Crippen LogP contribution >= 0.6 is 34.7 Å². The van der Waals surface area contributed by atoms with Crippen LogP contribution in [-0.4, -0.2) is 16.0 Å². The minimum atomic E-state index is 0.371. The summed E-state index contributed by atoms with van der Waals surface area (Å²) in [5, 5.41) is 9.00. The van der Waals surface area contributed by atoms with Crippen LogP contribution in [0.4, 0.5) is 0 Å². The van der Waals surface area contributed by atoms with Gasteiger partial charge in [0.1, 0.15) is 5.01 Å². The van der Waals surface area contributed by atoms with Gasteiger partial charge in [0.15, 0.2) is 0 Å². The molecule has 1 aliphatic rings. The molecule has 1 aromatic carbocycles. The van der Waals surface area contributed by atoms with Crippen molar-refractivity contribution in [3.8, 4) is 0 Å². The normalized spacial score (nSPS) is 19.1. The molecule has 0 N–H and O–H groups in total. The van der Waals surface area contributed by atoms with Crippen molar-refractivity contribution in [3.05, 3.63) is 39.3 Å². The molecule has 0 radical (unpaired) electrons. The van der Waals surface area contributed by atoms with E-state index in [4.69, 9.17) is 11.6 Å². The van der Waals surface area contributed by atoms with Gasteiger partial charge in [-0.2, -0.15) is 0 Å². The Morgan fingerprint density at radius 1 is 1.27 bits per heavy atom. The van der Waals surface area contributed by atoms with Gasteiger partial charge in [-0.25, -0.2) is 0 Å². The molecule has 0 saturated carbocycles. The molecule has 0 spiro atoms. The summed E-state index contributed by atoms with van der Waals surface area (Å²) in [6.07, 6.45) is 0. The Balaban J connectivity index is 2.04. The Morgan fingerprint density at radius 3 is 2.93 bits per heavy atom. The first-order chi connectivity index (χ1) is 7.34. The van der Waals surface area contributed by atoms with E-state index in [0.29, 0.717) is 10.4 Å². The van der Waals surface area contributed by atoms with Gasteiger partial charge in [0, 0.05) is 16.6 Å². The third-order valence-electron chi connectivity index (χ3n) is 2.41. The van der Waals surface area contributed by atoms with E-state index in [9.17, 15) is 0 Å². The molecular weight excluding hydrogens is 248 g/mol. The zero-order valence-electron chi connectivity index (χ0n) is 7.68. The molecule has 0 saturated heterocycles. The highest BCUT2D eigenvalue weighted by Gasteiger charge is 2.27. The van der Waals surface area contributed by atoms with Crippen molar-refractivity contribution >= 4 is 34.7 Å². The fraction of sp³-hybridized carbons (Fsp3) is 0.200. The number of hydrogen-bond donors (Lipinski definition) is 0. The van der Waals surface area contributed by atoms with Crippen molar-refractivity contribution < 1.29 is 0 Å². The minimum absolute atomic E-state index is 0.371. The molecule has 0 amide bonds. The molecule has 0 fully saturated rings. The van der Waals surface area contributed by atoms with E-state index in [0.717, 1.165) is 10.8 Å². The Labute approximate surface area is 101 Å². The average molecular weight is 255 g/mol. The lowest BCUT2D eigenvalue weighted by Crippen LogP contribution is -1.98.